The van der Waals surface area contributed by atoms with Gasteiger partial charge in [-0.25, -0.2) is 9.59 Å². The van der Waals surface area contributed by atoms with Crippen molar-refractivity contribution in [2.75, 3.05) is 20.3 Å². The van der Waals surface area contributed by atoms with Gasteiger partial charge in [-0.05, 0) is 41.5 Å². The topological polar surface area (TPSA) is 123 Å². The summed E-state index contributed by atoms with van der Waals surface area (Å²) in [5.74, 6) is -0.808. The van der Waals surface area contributed by atoms with Crippen molar-refractivity contribution >= 4 is 24.1 Å². The molecule has 0 bridgehead atoms. The molecule has 3 N–H and O–H groups in total. The molecule has 0 spiro atoms. The number of carbonyl (C=O) groups excluding carboxylic acids is 2. The van der Waals surface area contributed by atoms with E-state index in [0.29, 0.717) is 16.9 Å². The fourth-order valence-electron chi connectivity index (χ4n) is 2.41. The zero-order valence-electron chi connectivity index (χ0n) is 16.9. The van der Waals surface area contributed by atoms with Gasteiger partial charge in [0, 0.05) is 17.7 Å². The second-order valence-corrected chi connectivity index (χ2v) is 6.36. The highest BCUT2D eigenvalue weighted by molar-refractivity contribution is 5.88. The van der Waals surface area contributed by atoms with Crippen molar-refractivity contribution in [3.8, 4) is 11.5 Å². The van der Waals surface area contributed by atoms with Crippen molar-refractivity contribution in [1.82, 2.24) is 0 Å². The van der Waals surface area contributed by atoms with Crippen LogP contribution in [0.1, 0.15) is 16.7 Å². The van der Waals surface area contributed by atoms with Gasteiger partial charge in [0.1, 0.15) is 18.1 Å². The van der Waals surface area contributed by atoms with Crippen LogP contribution in [0.4, 0.5) is 0 Å². The molecule has 2 rings (SSSR count). The van der Waals surface area contributed by atoms with Crippen LogP contribution >= 0.6 is 0 Å². The first-order valence-corrected chi connectivity index (χ1v) is 9.36. The fraction of sp³-hybridized carbons (Fsp3) is 0.217. The molecule has 0 aliphatic carbocycles. The maximum atomic E-state index is 11.9. The number of methoxy groups -OCH3 is 1. The first kappa shape index (κ1) is 23.7. The lowest BCUT2D eigenvalue weighted by Gasteiger charge is -2.13. The van der Waals surface area contributed by atoms with E-state index in [-0.39, 0.29) is 19.0 Å². The molecule has 2 aromatic rings. The SMILES string of the molecule is COc1ccc(C=CC(=O)OC(CO)COC(=O)C=Cc2ccc(CO)c(O)c2)cc1. The third kappa shape index (κ3) is 7.96. The number of aliphatic hydroxyl groups is 2. The normalized spacial score (nSPS) is 12.1. The number of aromatic hydroxyl groups is 1. The lowest BCUT2D eigenvalue weighted by molar-refractivity contribution is -0.154. The van der Waals surface area contributed by atoms with Crippen LogP contribution in [-0.2, 0) is 25.7 Å². The van der Waals surface area contributed by atoms with Gasteiger partial charge in [0.2, 0.25) is 0 Å². The lowest BCUT2D eigenvalue weighted by atomic mass is 10.1. The Morgan fingerprint density at radius 3 is 2.23 bits per heavy atom. The molecule has 0 aromatic heterocycles. The number of ether oxygens (including phenoxy) is 3. The molecule has 0 heterocycles. The molecule has 164 valence electrons. The van der Waals surface area contributed by atoms with Gasteiger partial charge in [-0.3, -0.25) is 0 Å². The fourth-order valence-corrected chi connectivity index (χ4v) is 2.41. The predicted octanol–water partition coefficient (Wildman–Crippen LogP) is 2.07. The Balaban J connectivity index is 1.82. The van der Waals surface area contributed by atoms with E-state index in [1.54, 1.807) is 43.5 Å². The second-order valence-electron chi connectivity index (χ2n) is 6.36. The summed E-state index contributed by atoms with van der Waals surface area (Å²) in [5, 5.41) is 28.1. The average molecular weight is 428 g/mol. The highest BCUT2D eigenvalue weighted by Gasteiger charge is 2.14. The summed E-state index contributed by atoms with van der Waals surface area (Å²) in [4.78, 5) is 23.7. The smallest absolute Gasteiger partial charge is 0.331 e. The van der Waals surface area contributed by atoms with Crippen molar-refractivity contribution in [3.05, 3.63) is 71.3 Å². The van der Waals surface area contributed by atoms with Gasteiger partial charge < -0.3 is 29.5 Å². The zero-order valence-corrected chi connectivity index (χ0v) is 16.9. The van der Waals surface area contributed by atoms with Crippen LogP contribution in [-0.4, -0.2) is 53.7 Å². The molecular weight excluding hydrogens is 404 g/mol. The van der Waals surface area contributed by atoms with Crippen molar-refractivity contribution in [2.45, 2.75) is 12.7 Å². The van der Waals surface area contributed by atoms with Crippen LogP contribution in [0, 0.1) is 0 Å². The Kier molecular flexibility index (Phi) is 9.28. The number of aliphatic hydroxyl groups excluding tert-OH is 2. The minimum absolute atomic E-state index is 0.0898. The van der Waals surface area contributed by atoms with Gasteiger partial charge in [-0.2, -0.15) is 0 Å². The maximum absolute atomic E-state index is 11.9. The zero-order chi connectivity index (χ0) is 22.6. The monoisotopic (exact) mass is 428 g/mol. The average Bonchev–Trinajstić information content (AvgIpc) is 2.79. The standard InChI is InChI=1S/C23H24O8/c1-29-19-8-3-16(4-9-19)5-11-23(28)31-20(14-25)15-30-22(27)10-6-17-2-7-18(13-24)21(26)12-17/h2-12,20,24-26H,13-15H2,1H3. The molecule has 8 nitrogen and oxygen atoms in total. The second kappa shape index (κ2) is 12.2. The molecule has 0 radical (unpaired) electrons. The minimum atomic E-state index is -1.02. The van der Waals surface area contributed by atoms with Crippen LogP contribution in [0.25, 0.3) is 12.2 Å². The van der Waals surface area contributed by atoms with Gasteiger partial charge in [-0.1, -0.05) is 24.3 Å². The summed E-state index contributed by atoms with van der Waals surface area (Å²) < 4.78 is 15.1. The van der Waals surface area contributed by atoms with Crippen LogP contribution in [0.5, 0.6) is 11.5 Å². The molecule has 0 aliphatic rings. The number of hydrogen-bond donors (Lipinski definition) is 3. The Morgan fingerprint density at radius 1 is 0.968 bits per heavy atom. The summed E-state index contributed by atoms with van der Waals surface area (Å²) in [6.45, 7) is -1.14. The van der Waals surface area contributed by atoms with Gasteiger partial charge in [0.25, 0.3) is 0 Å². The van der Waals surface area contributed by atoms with Crippen molar-refractivity contribution in [1.29, 1.82) is 0 Å². The number of esters is 2. The van der Waals surface area contributed by atoms with Crippen LogP contribution in [0.3, 0.4) is 0 Å². The lowest BCUT2D eigenvalue weighted by Crippen LogP contribution is -2.27. The Labute approximate surface area is 179 Å². The molecule has 31 heavy (non-hydrogen) atoms. The third-order valence-corrected chi connectivity index (χ3v) is 4.12. The Morgan fingerprint density at radius 2 is 1.61 bits per heavy atom. The highest BCUT2D eigenvalue weighted by Crippen LogP contribution is 2.19. The molecule has 0 aliphatic heterocycles. The number of hydrogen-bond acceptors (Lipinski definition) is 8. The van der Waals surface area contributed by atoms with Crippen molar-refractivity contribution in [2.24, 2.45) is 0 Å². The van der Waals surface area contributed by atoms with Gasteiger partial charge in [-0.15, -0.1) is 0 Å². The quantitative estimate of drug-likeness (QED) is 0.388. The van der Waals surface area contributed by atoms with E-state index in [9.17, 15) is 19.8 Å². The molecule has 0 saturated carbocycles. The third-order valence-electron chi connectivity index (χ3n) is 4.12. The summed E-state index contributed by atoms with van der Waals surface area (Å²) in [5.41, 5.74) is 1.65. The Bertz CT molecular complexity index is 931. The molecule has 0 saturated heterocycles. The summed E-state index contributed by atoms with van der Waals surface area (Å²) in [6.07, 6.45) is 4.28. The summed E-state index contributed by atoms with van der Waals surface area (Å²) >= 11 is 0. The molecule has 2 aromatic carbocycles. The number of carbonyl (C=O) groups is 2. The minimum Gasteiger partial charge on any atom is -0.508 e. The molecule has 1 atom stereocenters. The first-order valence-electron chi connectivity index (χ1n) is 9.36. The van der Waals surface area contributed by atoms with Gasteiger partial charge >= 0.3 is 11.9 Å². The van der Waals surface area contributed by atoms with Gasteiger partial charge in [0.15, 0.2) is 6.10 Å². The van der Waals surface area contributed by atoms with E-state index < -0.39 is 24.6 Å². The van der Waals surface area contributed by atoms with E-state index in [0.717, 1.165) is 11.6 Å². The van der Waals surface area contributed by atoms with E-state index in [1.165, 1.54) is 24.3 Å². The molecular formula is C23H24O8. The van der Waals surface area contributed by atoms with Crippen LogP contribution in [0.15, 0.2) is 54.6 Å². The number of rotatable bonds is 10. The van der Waals surface area contributed by atoms with E-state index >= 15 is 0 Å². The van der Waals surface area contributed by atoms with Gasteiger partial charge in [0.05, 0.1) is 20.3 Å². The van der Waals surface area contributed by atoms with Crippen LogP contribution in [0.2, 0.25) is 0 Å². The number of benzene rings is 2. The first-order chi connectivity index (χ1) is 14.9. The highest BCUT2D eigenvalue weighted by atomic mass is 16.6. The van der Waals surface area contributed by atoms with E-state index in [1.807, 2.05) is 0 Å². The predicted molar refractivity (Wildman–Crippen MR) is 113 cm³/mol. The van der Waals surface area contributed by atoms with Crippen LogP contribution < -0.4 is 4.74 Å². The molecule has 0 amide bonds. The maximum Gasteiger partial charge on any atom is 0.331 e. The largest absolute Gasteiger partial charge is 0.508 e. The molecule has 1 unspecified atom stereocenters. The van der Waals surface area contributed by atoms with Crippen molar-refractivity contribution < 1.29 is 39.1 Å². The van der Waals surface area contributed by atoms with E-state index in [4.69, 9.17) is 19.3 Å². The van der Waals surface area contributed by atoms with E-state index in [2.05, 4.69) is 0 Å². The summed E-state index contributed by atoms with van der Waals surface area (Å²) in [7, 11) is 1.56. The Hall–Kier alpha value is -3.62. The molecule has 0 fully saturated rings. The van der Waals surface area contributed by atoms with Crippen molar-refractivity contribution in [3.63, 3.8) is 0 Å². The summed E-state index contributed by atoms with van der Waals surface area (Å²) in [6, 6.07) is 11.6. The molecule has 8 heteroatoms. The number of phenols is 1.